The Hall–Kier alpha value is 0.690. The Morgan fingerprint density at radius 2 is 2.50 bits per heavy atom. The van der Waals surface area contributed by atoms with Crippen LogP contribution in [-0.2, 0) is 4.74 Å². The molecule has 1 saturated heterocycles. The fourth-order valence-electron chi connectivity index (χ4n) is 0.915. The van der Waals surface area contributed by atoms with E-state index in [1.165, 1.54) is 6.42 Å². The Kier molecular flexibility index (Phi) is 2.56. The summed E-state index contributed by atoms with van der Waals surface area (Å²) in [6.45, 7) is 4.22. The van der Waals surface area contributed by atoms with Gasteiger partial charge < -0.3 is 4.74 Å². The number of alkyl halides is 1. The molecule has 0 aromatic carbocycles. The summed E-state index contributed by atoms with van der Waals surface area (Å²) in [5.41, 5.74) is 0. The Morgan fingerprint density at radius 3 is 2.75 bits per heavy atom. The second-order valence-corrected chi connectivity index (χ2v) is 4.27. The molecule has 48 valence electrons. The number of hydrogen-bond donors (Lipinski definition) is 0. The van der Waals surface area contributed by atoms with Gasteiger partial charge in [0.1, 0.15) is 0 Å². The molecule has 0 bridgehead atoms. The first kappa shape index (κ1) is 6.81. The third kappa shape index (κ3) is 1.58. The highest BCUT2D eigenvalue weighted by atomic mass is 127. The summed E-state index contributed by atoms with van der Waals surface area (Å²) in [6, 6.07) is 0. The Balaban J connectivity index is 2.24. The summed E-state index contributed by atoms with van der Waals surface area (Å²) < 4.78 is 6.00. The van der Waals surface area contributed by atoms with Gasteiger partial charge in [0.25, 0.3) is 0 Å². The molecule has 1 nitrogen and oxygen atoms in total. The highest BCUT2D eigenvalue weighted by molar-refractivity contribution is 14.1. The monoisotopic (exact) mass is 226 g/mol. The van der Waals surface area contributed by atoms with Gasteiger partial charge in [-0.15, -0.1) is 0 Å². The van der Waals surface area contributed by atoms with Gasteiger partial charge in [-0.2, -0.15) is 0 Å². The van der Waals surface area contributed by atoms with Crippen LogP contribution in [0.1, 0.15) is 13.3 Å². The van der Waals surface area contributed by atoms with E-state index < -0.39 is 0 Å². The van der Waals surface area contributed by atoms with E-state index in [-0.39, 0.29) is 0 Å². The van der Waals surface area contributed by atoms with E-state index >= 15 is 0 Å². The average molecular weight is 226 g/mol. The topological polar surface area (TPSA) is 9.23 Å². The van der Waals surface area contributed by atoms with Crippen LogP contribution in [0.2, 0.25) is 0 Å². The van der Waals surface area contributed by atoms with E-state index in [0.717, 1.165) is 23.1 Å². The van der Waals surface area contributed by atoms with Crippen molar-refractivity contribution in [2.75, 3.05) is 13.2 Å². The molecule has 8 heavy (non-hydrogen) atoms. The highest BCUT2D eigenvalue weighted by Gasteiger charge is 2.19. The number of halogens is 1. The fraction of sp³-hybridized carbons (Fsp3) is 1.00. The van der Waals surface area contributed by atoms with Crippen molar-refractivity contribution in [2.45, 2.75) is 17.3 Å². The van der Waals surface area contributed by atoms with Gasteiger partial charge in [0.15, 0.2) is 0 Å². The minimum Gasteiger partial charge on any atom is -0.381 e. The molecule has 1 aliphatic heterocycles. The third-order valence-electron chi connectivity index (χ3n) is 1.61. The van der Waals surface area contributed by atoms with Crippen LogP contribution in [0.4, 0.5) is 0 Å². The Labute approximate surface area is 63.9 Å². The van der Waals surface area contributed by atoms with Gasteiger partial charge in [-0.3, -0.25) is 0 Å². The maximum atomic E-state index is 5.21. The summed E-state index contributed by atoms with van der Waals surface area (Å²) in [6.07, 6.45) is 1.27. The predicted octanol–water partition coefficient (Wildman–Crippen LogP) is 1.85. The smallest absolute Gasteiger partial charge is 0.0505 e. The van der Waals surface area contributed by atoms with Gasteiger partial charge in [0.05, 0.1) is 6.61 Å². The summed E-state index contributed by atoms with van der Waals surface area (Å²) in [5, 5.41) is 0. The molecule has 1 aliphatic rings. The van der Waals surface area contributed by atoms with E-state index in [4.69, 9.17) is 4.74 Å². The zero-order valence-electron chi connectivity index (χ0n) is 5.06. The van der Waals surface area contributed by atoms with Crippen LogP contribution >= 0.6 is 22.6 Å². The summed E-state index contributed by atoms with van der Waals surface area (Å²) in [7, 11) is 0. The molecule has 0 amide bonds. The predicted molar refractivity (Wildman–Crippen MR) is 42.4 cm³/mol. The first-order chi connectivity index (χ1) is 3.80. The molecule has 1 fully saturated rings. The molecule has 1 heterocycles. The molecular weight excluding hydrogens is 215 g/mol. The molecule has 0 radical (unpaired) electrons. The van der Waals surface area contributed by atoms with Crippen molar-refractivity contribution in [1.82, 2.24) is 0 Å². The maximum Gasteiger partial charge on any atom is 0.0505 e. The lowest BCUT2D eigenvalue weighted by Crippen LogP contribution is -2.09. The molecule has 2 unspecified atom stereocenters. The van der Waals surface area contributed by atoms with Crippen LogP contribution < -0.4 is 0 Å². The van der Waals surface area contributed by atoms with Crippen molar-refractivity contribution in [3.05, 3.63) is 0 Å². The van der Waals surface area contributed by atoms with Crippen molar-refractivity contribution in [3.8, 4) is 0 Å². The first-order valence-corrected chi connectivity index (χ1v) is 4.27. The van der Waals surface area contributed by atoms with Crippen LogP contribution in [0, 0.1) is 5.92 Å². The van der Waals surface area contributed by atoms with Gasteiger partial charge in [-0.05, 0) is 12.3 Å². The average Bonchev–Trinajstić information content (AvgIpc) is 2.12. The quantitative estimate of drug-likeness (QED) is 0.489. The molecule has 2 atom stereocenters. The molecule has 0 aromatic rings. The molecule has 0 saturated carbocycles. The summed E-state index contributed by atoms with van der Waals surface area (Å²) in [4.78, 5) is 0. The lowest BCUT2D eigenvalue weighted by atomic mass is 10.1. The van der Waals surface area contributed by atoms with Crippen molar-refractivity contribution in [3.63, 3.8) is 0 Å². The van der Waals surface area contributed by atoms with Gasteiger partial charge in [0, 0.05) is 10.5 Å². The van der Waals surface area contributed by atoms with Crippen molar-refractivity contribution >= 4 is 22.6 Å². The van der Waals surface area contributed by atoms with Crippen molar-refractivity contribution in [2.24, 2.45) is 5.92 Å². The number of rotatable bonds is 1. The van der Waals surface area contributed by atoms with Crippen LogP contribution in [0.3, 0.4) is 0 Å². The van der Waals surface area contributed by atoms with Crippen LogP contribution in [0.5, 0.6) is 0 Å². The standard InChI is InChI=1S/C6H11IO/c1-5(7)6-2-3-8-4-6/h5-6H,2-4H2,1H3. The van der Waals surface area contributed by atoms with E-state index in [0.29, 0.717) is 0 Å². The van der Waals surface area contributed by atoms with Crippen LogP contribution in [0.25, 0.3) is 0 Å². The molecule has 0 aromatic heterocycles. The second-order valence-electron chi connectivity index (χ2n) is 2.30. The van der Waals surface area contributed by atoms with Gasteiger partial charge in [0.2, 0.25) is 0 Å². The van der Waals surface area contributed by atoms with E-state index in [2.05, 4.69) is 29.5 Å². The first-order valence-electron chi connectivity index (χ1n) is 3.02. The van der Waals surface area contributed by atoms with Crippen molar-refractivity contribution in [1.29, 1.82) is 0 Å². The lowest BCUT2D eigenvalue weighted by Gasteiger charge is -2.07. The summed E-state index contributed by atoms with van der Waals surface area (Å²) in [5.74, 6) is 0.829. The third-order valence-corrected chi connectivity index (χ3v) is 2.63. The molecule has 1 rings (SSSR count). The molecular formula is C6H11IO. The fourth-order valence-corrected chi connectivity index (χ4v) is 1.48. The van der Waals surface area contributed by atoms with E-state index in [1.54, 1.807) is 0 Å². The maximum absolute atomic E-state index is 5.21. The van der Waals surface area contributed by atoms with E-state index in [1.807, 2.05) is 0 Å². The number of ether oxygens (including phenoxy) is 1. The van der Waals surface area contributed by atoms with Crippen molar-refractivity contribution < 1.29 is 4.74 Å². The van der Waals surface area contributed by atoms with Gasteiger partial charge >= 0.3 is 0 Å². The highest BCUT2D eigenvalue weighted by Crippen LogP contribution is 2.21. The molecule has 0 aliphatic carbocycles. The zero-order valence-corrected chi connectivity index (χ0v) is 7.22. The van der Waals surface area contributed by atoms with E-state index in [9.17, 15) is 0 Å². The lowest BCUT2D eigenvalue weighted by molar-refractivity contribution is 0.186. The van der Waals surface area contributed by atoms with Crippen LogP contribution in [0.15, 0.2) is 0 Å². The molecule has 0 N–H and O–H groups in total. The Morgan fingerprint density at radius 1 is 1.75 bits per heavy atom. The second kappa shape index (κ2) is 3.01. The number of hydrogen-bond acceptors (Lipinski definition) is 1. The largest absolute Gasteiger partial charge is 0.381 e. The molecule has 0 spiro atoms. The van der Waals surface area contributed by atoms with Gasteiger partial charge in [-0.25, -0.2) is 0 Å². The normalized spacial score (nSPS) is 33.0. The minimum atomic E-state index is 0.787. The van der Waals surface area contributed by atoms with Gasteiger partial charge in [-0.1, -0.05) is 29.5 Å². The van der Waals surface area contributed by atoms with Crippen LogP contribution in [-0.4, -0.2) is 17.1 Å². The minimum absolute atomic E-state index is 0.787. The Bertz CT molecular complexity index is 66.9. The zero-order chi connectivity index (χ0) is 5.98. The SMILES string of the molecule is CC(I)C1CCOC1. The molecule has 2 heteroatoms. The summed E-state index contributed by atoms with van der Waals surface area (Å²) >= 11 is 2.46.